The van der Waals surface area contributed by atoms with E-state index >= 15 is 0 Å². The lowest BCUT2D eigenvalue weighted by Gasteiger charge is -2.18. The number of sulfonamides is 1. The van der Waals surface area contributed by atoms with Crippen LogP contribution in [0, 0.1) is 0 Å². The smallest absolute Gasteiger partial charge is 0.238 e. The third-order valence-corrected chi connectivity index (χ3v) is 5.79. The van der Waals surface area contributed by atoms with E-state index in [1.807, 2.05) is 6.07 Å². The first-order valence-corrected chi connectivity index (χ1v) is 11.0. The normalized spacial score (nSPS) is 12.3. The number of nitrogens with two attached hydrogens (primary N) is 1. The average Bonchev–Trinajstić information content (AvgIpc) is 3.03. The largest absolute Gasteiger partial charge is 0.464 e. The van der Waals surface area contributed by atoms with Crippen LogP contribution in [0.2, 0.25) is 0 Å². The molecule has 0 saturated heterocycles. The Morgan fingerprint density at radius 2 is 1.79 bits per heavy atom. The van der Waals surface area contributed by atoms with Gasteiger partial charge in [-0.2, -0.15) is 0 Å². The molecule has 0 spiro atoms. The number of carbonyl (C=O) groups excluding carboxylic acids is 1. The zero-order valence-electron chi connectivity index (χ0n) is 16.9. The second kappa shape index (κ2) is 8.00. The number of hydrogen-bond donors (Lipinski definition) is 2. The van der Waals surface area contributed by atoms with E-state index in [1.165, 1.54) is 17.7 Å². The summed E-state index contributed by atoms with van der Waals surface area (Å²) in [5.41, 5.74) is 3.76. The summed E-state index contributed by atoms with van der Waals surface area (Å²) in [7, 11) is -3.69. The Labute approximate surface area is 171 Å². The van der Waals surface area contributed by atoms with E-state index in [9.17, 15) is 13.2 Å². The van der Waals surface area contributed by atoms with Crippen molar-refractivity contribution in [2.45, 2.75) is 43.9 Å². The predicted octanol–water partition coefficient (Wildman–Crippen LogP) is 3.28. The number of hydrogen-bond acceptors (Lipinski definition) is 4. The van der Waals surface area contributed by atoms with Crippen molar-refractivity contribution in [2.75, 3.05) is 6.54 Å². The minimum absolute atomic E-state index is 0.0176. The van der Waals surface area contributed by atoms with Gasteiger partial charge in [0.05, 0.1) is 17.6 Å². The highest BCUT2D eigenvalue weighted by Crippen LogP contribution is 2.29. The molecule has 0 atom stereocenters. The number of amides is 1. The van der Waals surface area contributed by atoms with Crippen LogP contribution < -0.4 is 10.5 Å². The van der Waals surface area contributed by atoms with Crippen molar-refractivity contribution in [3.8, 4) is 0 Å². The number of fused-ring (bicyclic) bond motifs is 1. The van der Waals surface area contributed by atoms with E-state index in [0.29, 0.717) is 13.0 Å². The topological polar surface area (TPSA) is 102 Å². The molecule has 0 fully saturated rings. The van der Waals surface area contributed by atoms with Crippen LogP contribution in [0.4, 0.5) is 0 Å². The van der Waals surface area contributed by atoms with Crippen LogP contribution in [0.5, 0.6) is 0 Å². The Morgan fingerprint density at radius 1 is 1.10 bits per heavy atom. The molecule has 154 valence electrons. The van der Waals surface area contributed by atoms with Gasteiger partial charge in [-0.15, -0.1) is 0 Å². The molecule has 7 heteroatoms. The number of rotatable bonds is 6. The van der Waals surface area contributed by atoms with Gasteiger partial charge in [0.2, 0.25) is 15.9 Å². The highest BCUT2D eigenvalue weighted by molar-refractivity contribution is 7.89. The van der Waals surface area contributed by atoms with Crippen molar-refractivity contribution in [1.82, 2.24) is 5.32 Å². The Balaban J connectivity index is 1.60. The van der Waals surface area contributed by atoms with Gasteiger partial charge in [0.1, 0.15) is 5.58 Å². The molecule has 1 aromatic heterocycles. The Morgan fingerprint density at radius 3 is 2.41 bits per heavy atom. The van der Waals surface area contributed by atoms with Crippen molar-refractivity contribution in [3.05, 3.63) is 65.4 Å². The van der Waals surface area contributed by atoms with Gasteiger partial charge < -0.3 is 9.73 Å². The first-order chi connectivity index (χ1) is 13.5. The molecule has 0 radical (unpaired) electrons. The fourth-order valence-corrected chi connectivity index (χ4v) is 3.63. The summed E-state index contributed by atoms with van der Waals surface area (Å²) < 4.78 is 28.2. The molecule has 1 amide bonds. The monoisotopic (exact) mass is 414 g/mol. The second-order valence-corrected chi connectivity index (χ2v) is 9.75. The molecule has 2 aromatic carbocycles. The zero-order valence-corrected chi connectivity index (χ0v) is 17.7. The van der Waals surface area contributed by atoms with Gasteiger partial charge in [-0.1, -0.05) is 39.0 Å². The van der Waals surface area contributed by atoms with Gasteiger partial charge >= 0.3 is 0 Å². The highest BCUT2D eigenvalue weighted by Gasteiger charge is 2.17. The van der Waals surface area contributed by atoms with E-state index in [-0.39, 0.29) is 22.6 Å². The Kier molecular flexibility index (Phi) is 5.82. The van der Waals surface area contributed by atoms with Crippen LogP contribution in [-0.4, -0.2) is 20.9 Å². The molecule has 0 saturated carbocycles. The van der Waals surface area contributed by atoms with Gasteiger partial charge in [0.15, 0.2) is 0 Å². The summed E-state index contributed by atoms with van der Waals surface area (Å²) in [4.78, 5) is 12.4. The summed E-state index contributed by atoms with van der Waals surface area (Å²) in [6.45, 7) is 6.90. The third-order valence-electron chi connectivity index (χ3n) is 4.86. The van der Waals surface area contributed by atoms with E-state index in [0.717, 1.165) is 22.1 Å². The van der Waals surface area contributed by atoms with Crippen LogP contribution in [0.1, 0.15) is 37.5 Å². The van der Waals surface area contributed by atoms with Crippen LogP contribution in [0.15, 0.2) is 58.0 Å². The summed E-state index contributed by atoms with van der Waals surface area (Å²) in [6, 6.07) is 12.4. The third kappa shape index (κ3) is 5.25. The van der Waals surface area contributed by atoms with E-state index in [4.69, 9.17) is 9.56 Å². The standard InChI is InChI=1S/C22H26N2O4S/c1-22(2,3)17-6-9-20-19(13-17)16(14-28-20)12-21(25)24-11-10-15-4-7-18(8-5-15)29(23,26)27/h4-9,13-14H,10-12H2,1-3H3,(H,24,25)(H2,23,26,27). The molecule has 0 aliphatic carbocycles. The van der Waals surface area contributed by atoms with Gasteiger partial charge in [-0.3, -0.25) is 4.79 Å². The first-order valence-electron chi connectivity index (χ1n) is 9.43. The molecule has 0 bridgehead atoms. The predicted molar refractivity (Wildman–Crippen MR) is 113 cm³/mol. The molecule has 3 rings (SSSR count). The maximum absolute atomic E-state index is 12.4. The quantitative estimate of drug-likeness (QED) is 0.646. The van der Waals surface area contributed by atoms with Crippen molar-refractivity contribution in [3.63, 3.8) is 0 Å². The lowest BCUT2D eigenvalue weighted by atomic mass is 9.86. The number of benzene rings is 2. The van der Waals surface area contributed by atoms with Crippen LogP contribution in [0.25, 0.3) is 11.0 Å². The second-order valence-electron chi connectivity index (χ2n) is 8.19. The van der Waals surface area contributed by atoms with Crippen molar-refractivity contribution in [2.24, 2.45) is 5.14 Å². The summed E-state index contributed by atoms with van der Waals surface area (Å²) in [5.74, 6) is -0.0879. The van der Waals surface area contributed by atoms with Gasteiger partial charge in [-0.25, -0.2) is 13.6 Å². The summed E-state index contributed by atoms with van der Waals surface area (Å²) in [5, 5.41) is 8.96. The van der Waals surface area contributed by atoms with E-state index < -0.39 is 10.0 Å². The van der Waals surface area contributed by atoms with E-state index in [2.05, 4.69) is 38.2 Å². The van der Waals surface area contributed by atoms with Crippen molar-refractivity contribution < 1.29 is 17.6 Å². The molecule has 29 heavy (non-hydrogen) atoms. The lowest BCUT2D eigenvalue weighted by Crippen LogP contribution is -2.27. The van der Waals surface area contributed by atoms with Gasteiger partial charge in [-0.05, 0) is 47.2 Å². The zero-order chi connectivity index (χ0) is 21.2. The number of furan rings is 1. The van der Waals surface area contributed by atoms with Crippen LogP contribution in [-0.2, 0) is 33.1 Å². The maximum Gasteiger partial charge on any atom is 0.238 e. The van der Waals surface area contributed by atoms with Crippen LogP contribution in [0.3, 0.4) is 0 Å². The number of nitrogens with one attached hydrogen (secondary N) is 1. The minimum Gasteiger partial charge on any atom is -0.464 e. The number of carbonyl (C=O) groups is 1. The minimum atomic E-state index is -3.69. The average molecular weight is 415 g/mol. The Hall–Kier alpha value is -2.64. The summed E-state index contributed by atoms with van der Waals surface area (Å²) >= 11 is 0. The number of primary sulfonamides is 1. The highest BCUT2D eigenvalue weighted by atomic mass is 32.2. The van der Waals surface area contributed by atoms with Gasteiger partial charge in [0, 0.05) is 17.5 Å². The van der Waals surface area contributed by atoms with Crippen LogP contribution >= 0.6 is 0 Å². The van der Waals surface area contributed by atoms with Crippen molar-refractivity contribution >= 4 is 26.9 Å². The molecular formula is C22H26N2O4S. The molecule has 0 aliphatic heterocycles. The molecule has 1 heterocycles. The summed E-state index contributed by atoms with van der Waals surface area (Å²) in [6.07, 6.45) is 2.48. The molecule has 3 aromatic rings. The molecule has 6 nitrogen and oxygen atoms in total. The van der Waals surface area contributed by atoms with Crippen molar-refractivity contribution in [1.29, 1.82) is 0 Å². The van der Waals surface area contributed by atoms with Gasteiger partial charge in [0.25, 0.3) is 0 Å². The molecule has 0 aliphatic rings. The SMILES string of the molecule is CC(C)(C)c1ccc2occ(CC(=O)NCCc3ccc(S(N)(=O)=O)cc3)c2c1. The molecule has 0 unspecified atom stereocenters. The van der Waals surface area contributed by atoms with E-state index in [1.54, 1.807) is 18.4 Å². The molecule has 3 N–H and O–H groups in total. The fraction of sp³-hybridized carbons (Fsp3) is 0.318. The fourth-order valence-electron chi connectivity index (χ4n) is 3.11. The molecular weight excluding hydrogens is 388 g/mol. The maximum atomic E-state index is 12.4. The Bertz CT molecular complexity index is 1120. The first kappa shape index (κ1) is 21.1. The lowest BCUT2D eigenvalue weighted by molar-refractivity contribution is -0.120.